The van der Waals surface area contributed by atoms with Gasteiger partial charge in [0.15, 0.2) is 0 Å². The van der Waals surface area contributed by atoms with Crippen molar-refractivity contribution in [2.75, 3.05) is 19.7 Å². The molecule has 6 heteroatoms. The van der Waals surface area contributed by atoms with Gasteiger partial charge in [-0.1, -0.05) is 24.3 Å². The van der Waals surface area contributed by atoms with Crippen LogP contribution in [0.1, 0.15) is 39.1 Å². The number of hydrogen-bond donors (Lipinski definition) is 1. The molecule has 0 atom stereocenters. The Balaban J connectivity index is 1.35. The molecule has 3 amide bonds. The molecule has 140 valence electrons. The van der Waals surface area contributed by atoms with Crippen LogP contribution in [-0.4, -0.2) is 42.3 Å². The van der Waals surface area contributed by atoms with E-state index in [4.69, 9.17) is 4.74 Å². The highest BCUT2D eigenvalue weighted by atomic mass is 16.5. The number of hydrogen-bond acceptors (Lipinski definition) is 4. The van der Waals surface area contributed by atoms with Crippen LogP contribution in [0.15, 0.2) is 48.5 Å². The molecular formula is C21H22N2O4. The molecule has 0 saturated heterocycles. The van der Waals surface area contributed by atoms with Crippen molar-refractivity contribution < 1.29 is 19.1 Å². The molecule has 0 fully saturated rings. The number of carbonyl (C=O) groups excluding carboxylic acids is 3. The van der Waals surface area contributed by atoms with Gasteiger partial charge in [-0.3, -0.25) is 19.3 Å². The molecule has 6 nitrogen and oxygen atoms in total. The van der Waals surface area contributed by atoms with E-state index in [1.54, 1.807) is 24.3 Å². The molecule has 2 aromatic rings. The minimum atomic E-state index is -0.289. The molecule has 0 spiro atoms. The van der Waals surface area contributed by atoms with Gasteiger partial charge in [0, 0.05) is 13.0 Å². The standard InChI is InChI=1S/C21H22N2O4/c1-15-6-4-7-16(14-15)27-13-11-22-19(24)10-5-12-23-20(25)17-8-2-3-9-18(17)21(23)26/h2-4,6-9,14H,5,10-13H2,1H3,(H,22,24). The minimum Gasteiger partial charge on any atom is -0.492 e. The molecular weight excluding hydrogens is 344 g/mol. The Hall–Kier alpha value is -3.15. The van der Waals surface area contributed by atoms with E-state index in [1.807, 2.05) is 31.2 Å². The SMILES string of the molecule is Cc1cccc(OCCNC(=O)CCCN2C(=O)c3ccccc3C2=O)c1. The summed E-state index contributed by atoms with van der Waals surface area (Å²) in [4.78, 5) is 37.6. The second-order valence-corrected chi connectivity index (χ2v) is 6.43. The molecule has 0 unspecified atom stereocenters. The number of fused-ring (bicyclic) bond motifs is 1. The van der Waals surface area contributed by atoms with Gasteiger partial charge in [-0.15, -0.1) is 0 Å². The number of aryl methyl sites for hydroxylation is 1. The minimum absolute atomic E-state index is 0.126. The van der Waals surface area contributed by atoms with Crippen LogP contribution in [0.4, 0.5) is 0 Å². The molecule has 0 bridgehead atoms. The number of carbonyl (C=O) groups is 3. The Morgan fingerprint density at radius 3 is 2.41 bits per heavy atom. The van der Waals surface area contributed by atoms with Crippen LogP contribution in [-0.2, 0) is 4.79 Å². The summed E-state index contributed by atoms with van der Waals surface area (Å²) >= 11 is 0. The van der Waals surface area contributed by atoms with Gasteiger partial charge in [-0.2, -0.15) is 0 Å². The maximum Gasteiger partial charge on any atom is 0.261 e. The predicted octanol–water partition coefficient (Wildman–Crippen LogP) is 2.57. The lowest BCUT2D eigenvalue weighted by Crippen LogP contribution is -2.32. The normalized spacial score (nSPS) is 12.9. The summed E-state index contributed by atoms with van der Waals surface area (Å²) in [6.07, 6.45) is 0.674. The second kappa shape index (κ2) is 8.49. The number of nitrogens with one attached hydrogen (secondary N) is 1. The quantitative estimate of drug-likeness (QED) is 0.575. The lowest BCUT2D eigenvalue weighted by molar-refractivity contribution is -0.121. The number of rotatable bonds is 8. The fourth-order valence-electron chi connectivity index (χ4n) is 2.99. The zero-order valence-corrected chi connectivity index (χ0v) is 15.2. The van der Waals surface area contributed by atoms with Crippen molar-refractivity contribution in [2.24, 2.45) is 0 Å². The average Bonchev–Trinajstić information content (AvgIpc) is 2.90. The molecule has 3 rings (SSSR count). The first-order valence-electron chi connectivity index (χ1n) is 8.97. The maximum atomic E-state index is 12.2. The first-order chi connectivity index (χ1) is 13.1. The van der Waals surface area contributed by atoms with Gasteiger partial charge >= 0.3 is 0 Å². The lowest BCUT2D eigenvalue weighted by atomic mass is 10.1. The molecule has 27 heavy (non-hydrogen) atoms. The summed E-state index contributed by atoms with van der Waals surface area (Å²) < 4.78 is 5.57. The van der Waals surface area contributed by atoms with Crippen molar-refractivity contribution in [1.82, 2.24) is 10.2 Å². The monoisotopic (exact) mass is 366 g/mol. The van der Waals surface area contributed by atoms with E-state index in [0.29, 0.717) is 30.7 Å². The molecule has 0 aliphatic carbocycles. The Morgan fingerprint density at radius 1 is 1.04 bits per heavy atom. The summed E-state index contributed by atoms with van der Waals surface area (Å²) in [7, 11) is 0. The Labute approximate surface area is 158 Å². The van der Waals surface area contributed by atoms with Crippen molar-refractivity contribution in [2.45, 2.75) is 19.8 Å². The Kier molecular flexibility index (Phi) is 5.86. The van der Waals surface area contributed by atoms with E-state index in [2.05, 4.69) is 5.32 Å². The fraction of sp³-hybridized carbons (Fsp3) is 0.286. The molecule has 1 heterocycles. The molecule has 0 aromatic heterocycles. The fourth-order valence-corrected chi connectivity index (χ4v) is 2.99. The third-order valence-corrected chi connectivity index (χ3v) is 4.35. The first-order valence-corrected chi connectivity index (χ1v) is 8.97. The Morgan fingerprint density at radius 2 is 1.74 bits per heavy atom. The largest absolute Gasteiger partial charge is 0.492 e. The van der Waals surface area contributed by atoms with E-state index in [0.717, 1.165) is 11.3 Å². The van der Waals surface area contributed by atoms with Crippen LogP contribution in [0.5, 0.6) is 5.75 Å². The third kappa shape index (κ3) is 4.53. The zero-order valence-electron chi connectivity index (χ0n) is 15.2. The topological polar surface area (TPSA) is 75.7 Å². The number of nitrogens with zero attached hydrogens (tertiary/aromatic N) is 1. The van der Waals surface area contributed by atoms with Crippen LogP contribution in [0.3, 0.4) is 0 Å². The van der Waals surface area contributed by atoms with Gasteiger partial charge < -0.3 is 10.1 Å². The van der Waals surface area contributed by atoms with Crippen LogP contribution in [0.2, 0.25) is 0 Å². The van der Waals surface area contributed by atoms with E-state index in [1.165, 1.54) is 4.90 Å². The van der Waals surface area contributed by atoms with Crippen molar-refractivity contribution in [3.05, 3.63) is 65.2 Å². The molecule has 0 saturated carbocycles. The van der Waals surface area contributed by atoms with E-state index < -0.39 is 0 Å². The molecule has 1 aliphatic heterocycles. The van der Waals surface area contributed by atoms with E-state index in [9.17, 15) is 14.4 Å². The zero-order chi connectivity index (χ0) is 19.2. The van der Waals surface area contributed by atoms with Gasteiger partial charge in [0.1, 0.15) is 12.4 Å². The highest BCUT2D eigenvalue weighted by Gasteiger charge is 2.34. The van der Waals surface area contributed by atoms with Crippen LogP contribution in [0, 0.1) is 6.92 Å². The molecule has 1 N–H and O–H groups in total. The first kappa shape index (κ1) is 18.6. The molecule has 2 aromatic carbocycles. The third-order valence-electron chi connectivity index (χ3n) is 4.35. The molecule has 0 radical (unpaired) electrons. The maximum absolute atomic E-state index is 12.2. The predicted molar refractivity (Wildman–Crippen MR) is 101 cm³/mol. The van der Waals surface area contributed by atoms with Gasteiger partial charge in [0.05, 0.1) is 17.7 Å². The number of benzene rings is 2. The lowest BCUT2D eigenvalue weighted by Gasteiger charge is -2.13. The molecule has 1 aliphatic rings. The van der Waals surface area contributed by atoms with Crippen molar-refractivity contribution in [1.29, 1.82) is 0 Å². The van der Waals surface area contributed by atoms with Gasteiger partial charge in [0.2, 0.25) is 5.91 Å². The Bertz CT molecular complexity index is 828. The van der Waals surface area contributed by atoms with Crippen molar-refractivity contribution in [3.8, 4) is 5.75 Å². The van der Waals surface area contributed by atoms with E-state index >= 15 is 0 Å². The summed E-state index contributed by atoms with van der Waals surface area (Å²) in [6, 6.07) is 14.5. The summed E-state index contributed by atoms with van der Waals surface area (Å²) in [5.74, 6) is 0.0689. The van der Waals surface area contributed by atoms with Crippen molar-refractivity contribution >= 4 is 17.7 Å². The van der Waals surface area contributed by atoms with Gasteiger partial charge in [0.25, 0.3) is 11.8 Å². The van der Waals surface area contributed by atoms with Crippen molar-refractivity contribution in [3.63, 3.8) is 0 Å². The number of imide groups is 1. The number of ether oxygens (including phenoxy) is 1. The summed E-state index contributed by atoms with van der Waals surface area (Å²) in [5, 5.41) is 2.78. The number of amides is 3. The van der Waals surface area contributed by atoms with E-state index in [-0.39, 0.29) is 30.7 Å². The highest BCUT2D eigenvalue weighted by molar-refractivity contribution is 6.21. The van der Waals surface area contributed by atoms with Crippen LogP contribution in [0.25, 0.3) is 0 Å². The van der Waals surface area contributed by atoms with Crippen LogP contribution >= 0.6 is 0 Å². The summed E-state index contributed by atoms with van der Waals surface area (Å²) in [6.45, 7) is 3.01. The van der Waals surface area contributed by atoms with Gasteiger partial charge in [-0.25, -0.2) is 0 Å². The highest BCUT2D eigenvalue weighted by Crippen LogP contribution is 2.22. The van der Waals surface area contributed by atoms with Gasteiger partial charge in [-0.05, 0) is 43.2 Å². The average molecular weight is 366 g/mol. The summed E-state index contributed by atoms with van der Waals surface area (Å²) in [5.41, 5.74) is 1.98. The smallest absolute Gasteiger partial charge is 0.261 e. The second-order valence-electron chi connectivity index (χ2n) is 6.43. The van der Waals surface area contributed by atoms with Crippen LogP contribution < -0.4 is 10.1 Å².